The highest BCUT2D eigenvalue weighted by Gasteiger charge is 2.28. The third-order valence-corrected chi connectivity index (χ3v) is 5.13. The van der Waals surface area contributed by atoms with Gasteiger partial charge in [0, 0.05) is 18.2 Å². The molecule has 0 aromatic heterocycles. The first-order chi connectivity index (χ1) is 8.78. The zero-order valence-corrected chi connectivity index (χ0v) is 11.8. The van der Waals surface area contributed by atoms with E-state index in [0.717, 1.165) is 0 Å². The topological polar surface area (TPSA) is 89.3 Å². The lowest BCUT2D eigenvalue weighted by Gasteiger charge is -2.16. The number of sulfone groups is 1. The first-order valence-electron chi connectivity index (χ1n) is 5.70. The molecular weight excluding hydrogens is 292 g/mol. The Morgan fingerprint density at radius 2 is 2.16 bits per heavy atom. The maximum absolute atomic E-state index is 11.4. The standard InChI is InChI=1S/C11H13ClN2O4S/c1-7-4-9(14(15)16)5-10(12)11(7)13-8-2-3-19(17,18)6-8/h4-5,8,13H,2-3,6H2,1H3. The molecule has 1 fully saturated rings. The number of halogens is 1. The Labute approximate surface area is 115 Å². The van der Waals surface area contributed by atoms with Crippen molar-refractivity contribution in [3.63, 3.8) is 0 Å². The van der Waals surface area contributed by atoms with Crippen LogP contribution in [0.1, 0.15) is 12.0 Å². The molecule has 0 radical (unpaired) electrons. The summed E-state index contributed by atoms with van der Waals surface area (Å²) in [6.45, 7) is 1.70. The van der Waals surface area contributed by atoms with Crippen LogP contribution in [0.2, 0.25) is 5.02 Å². The van der Waals surface area contributed by atoms with Crippen LogP contribution in [0.15, 0.2) is 12.1 Å². The highest BCUT2D eigenvalue weighted by Crippen LogP contribution is 2.32. The fourth-order valence-electron chi connectivity index (χ4n) is 2.13. The maximum atomic E-state index is 11.4. The van der Waals surface area contributed by atoms with Crippen molar-refractivity contribution in [3.8, 4) is 0 Å². The van der Waals surface area contributed by atoms with E-state index in [9.17, 15) is 18.5 Å². The second-order valence-corrected chi connectivity index (χ2v) is 7.26. The van der Waals surface area contributed by atoms with E-state index in [1.807, 2.05) is 0 Å². The number of aryl methyl sites for hydroxylation is 1. The van der Waals surface area contributed by atoms with Crippen LogP contribution in [0.4, 0.5) is 11.4 Å². The van der Waals surface area contributed by atoms with Gasteiger partial charge in [0.1, 0.15) is 0 Å². The molecule has 2 rings (SSSR count). The maximum Gasteiger partial charge on any atom is 0.271 e. The fraction of sp³-hybridized carbons (Fsp3) is 0.455. The Balaban J connectivity index is 2.24. The summed E-state index contributed by atoms with van der Waals surface area (Å²) in [5, 5.41) is 14.0. The zero-order valence-electron chi connectivity index (χ0n) is 10.2. The van der Waals surface area contributed by atoms with E-state index < -0.39 is 14.8 Å². The van der Waals surface area contributed by atoms with Gasteiger partial charge in [-0.25, -0.2) is 8.42 Å². The molecule has 1 saturated heterocycles. The molecule has 19 heavy (non-hydrogen) atoms. The number of hydrogen-bond acceptors (Lipinski definition) is 5. The average Bonchev–Trinajstić information content (AvgIpc) is 2.63. The highest BCUT2D eigenvalue weighted by atomic mass is 35.5. The molecule has 1 N–H and O–H groups in total. The van der Waals surface area contributed by atoms with E-state index in [1.165, 1.54) is 12.1 Å². The van der Waals surface area contributed by atoms with Crippen molar-refractivity contribution in [2.75, 3.05) is 16.8 Å². The fourth-order valence-corrected chi connectivity index (χ4v) is 4.12. The number of anilines is 1. The van der Waals surface area contributed by atoms with Gasteiger partial charge in [0.2, 0.25) is 0 Å². The summed E-state index contributed by atoms with van der Waals surface area (Å²) < 4.78 is 22.8. The van der Waals surface area contributed by atoms with Crippen molar-refractivity contribution in [3.05, 3.63) is 32.8 Å². The summed E-state index contributed by atoms with van der Waals surface area (Å²) >= 11 is 6.01. The lowest BCUT2D eigenvalue weighted by Crippen LogP contribution is -2.21. The molecule has 1 aromatic carbocycles. The summed E-state index contributed by atoms with van der Waals surface area (Å²) in [5.74, 6) is 0.230. The van der Waals surface area contributed by atoms with Crippen molar-refractivity contribution in [1.29, 1.82) is 0 Å². The summed E-state index contributed by atoms with van der Waals surface area (Å²) in [6, 6.07) is 2.49. The smallest absolute Gasteiger partial charge is 0.271 e. The molecule has 0 spiro atoms. The Kier molecular flexibility index (Phi) is 3.69. The minimum Gasteiger partial charge on any atom is -0.380 e. The highest BCUT2D eigenvalue weighted by molar-refractivity contribution is 7.91. The molecule has 8 heteroatoms. The predicted octanol–water partition coefficient (Wildman–Crippen LogP) is 2.16. The Hall–Kier alpha value is -1.34. The number of nitrogens with zero attached hydrogens (tertiary/aromatic N) is 1. The number of benzene rings is 1. The first kappa shape index (κ1) is 14.1. The summed E-state index contributed by atoms with van der Waals surface area (Å²) in [6.07, 6.45) is 0.523. The molecule has 0 amide bonds. The largest absolute Gasteiger partial charge is 0.380 e. The van der Waals surface area contributed by atoms with Crippen molar-refractivity contribution < 1.29 is 13.3 Å². The van der Waals surface area contributed by atoms with Crippen LogP contribution in [0.3, 0.4) is 0 Å². The van der Waals surface area contributed by atoms with Crippen molar-refractivity contribution in [2.24, 2.45) is 0 Å². The normalized spacial score (nSPS) is 21.3. The molecule has 1 aliphatic heterocycles. The van der Waals surface area contributed by atoms with Gasteiger partial charge in [0.25, 0.3) is 5.69 Å². The minimum atomic E-state index is -2.98. The van der Waals surface area contributed by atoms with Crippen molar-refractivity contribution in [1.82, 2.24) is 0 Å². The van der Waals surface area contributed by atoms with Gasteiger partial charge in [-0.1, -0.05) is 11.6 Å². The van der Waals surface area contributed by atoms with Gasteiger partial charge >= 0.3 is 0 Å². The molecule has 6 nitrogen and oxygen atoms in total. The van der Waals surface area contributed by atoms with Crippen LogP contribution in [0.5, 0.6) is 0 Å². The van der Waals surface area contributed by atoms with E-state index >= 15 is 0 Å². The molecule has 1 unspecified atom stereocenters. The van der Waals surface area contributed by atoms with Gasteiger partial charge < -0.3 is 5.32 Å². The van der Waals surface area contributed by atoms with Crippen molar-refractivity contribution >= 4 is 32.8 Å². The van der Waals surface area contributed by atoms with Crippen LogP contribution < -0.4 is 5.32 Å². The summed E-state index contributed by atoms with van der Waals surface area (Å²) in [7, 11) is -2.98. The number of hydrogen-bond donors (Lipinski definition) is 1. The second kappa shape index (κ2) is 4.97. The Morgan fingerprint density at radius 1 is 1.47 bits per heavy atom. The molecule has 0 saturated carbocycles. The number of nitro benzene ring substituents is 1. The van der Waals surface area contributed by atoms with Gasteiger partial charge in [-0.3, -0.25) is 10.1 Å². The number of rotatable bonds is 3. The lowest BCUT2D eigenvalue weighted by atomic mass is 10.1. The number of nitro groups is 1. The molecule has 1 atom stereocenters. The van der Waals surface area contributed by atoms with Gasteiger partial charge in [0.05, 0.1) is 27.1 Å². The molecule has 104 valence electrons. The van der Waals surface area contributed by atoms with E-state index in [-0.39, 0.29) is 28.3 Å². The third-order valence-electron chi connectivity index (χ3n) is 3.06. The van der Waals surface area contributed by atoms with Gasteiger partial charge in [-0.15, -0.1) is 0 Å². The summed E-state index contributed by atoms with van der Waals surface area (Å²) in [4.78, 5) is 10.2. The molecule has 1 aliphatic rings. The number of nitrogens with one attached hydrogen (secondary N) is 1. The number of non-ortho nitro benzene ring substituents is 1. The SMILES string of the molecule is Cc1cc([N+](=O)[O-])cc(Cl)c1NC1CCS(=O)(=O)C1. The minimum absolute atomic E-state index is 0.0692. The first-order valence-corrected chi connectivity index (χ1v) is 7.90. The van der Waals surface area contributed by atoms with Crippen LogP contribution in [0.25, 0.3) is 0 Å². The van der Waals surface area contributed by atoms with Crippen LogP contribution in [0, 0.1) is 17.0 Å². The summed E-state index contributed by atoms with van der Waals surface area (Å²) in [5.41, 5.74) is 1.12. The quantitative estimate of drug-likeness (QED) is 0.682. The van der Waals surface area contributed by atoms with Gasteiger partial charge in [0.15, 0.2) is 9.84 Å². The van der Waals surface area contributed by atoms with E-state index in [0.29, 0.717) is 17.7 Å². The average molecular weight is 305 g/mol. The Morgan fingerprint density at radius 3 is 2.63 bits per heavy atom. The predicted molar refractivity (Wildman–Crippen MR) is 73.5 cm³/mol. The third kappa shape index (κ3) is 3.16. The van der Waals surface area contributed by atoms with E-state index in [1.54, 1.807) is 6.92 Å². The molecule has 0 aliphatic carbocycles. The van der Waals surface area contributed by atoms with Gasteiger partial charge in [-0.05, 0) is 18.9 Å². The van der Waals surface area contributed by atoms with Gasteiger partial charge in [-0.2, -0.15) is 0 Å². The Bertz CT molecular complexity index is 607. The monoisotopic (exact) mass is 304 g/mol. The zero-order chi connectivity index (χ0) is 14.2. The van der Waals surface area contributed by atoms with Crippen LogP contribution in [-0.2, 0) is 9.84 Å². The second-order valence-electron chi connectivity index (χ2n) is 4.62. The van der Waals surface area contributed by atoms with Crippen LogP contribution >= 0.6 is 11.6 Å². The molecule has 1 heterocycles. The molecular formula is C11H13ClN2O4S. The van der Waals surface area contributed by atoms with Crippen molar-refractivity contribution in [2.45, 2.75) is 19.4 Å². The molecule has 0 bridgehead atoms. The van der Waals surface area contributed by atoms with E-state index in [2.05, 4.69) is 5.32 Å². The van der Waals surface area contributed by atoms with E-state index in [4.69, 9.17) is 11.6 Å². The molecule has 1 aromatic rings. The lowest BCUT2D eigenvalue weighted by molar-refractivity contribution is -0.384. The van der Waals surface area contributed by atoms with Crippen LogP contribution in [-0.4, -0.2) is 30.9 Å².